The van der Waals surface area contributed by atoms with Gasteiger partial charge in [0, 0.05) is 19.8 Å². The Labute approximate surface area is 217 Å². The van der Waals surface area contributed by atoms with Crippen molar-refractivity contribution >= 4 is 5.78 Å². The summed E-state index contributed by atoms with van der Waals surface area (Å²) in [7, 11) is 0. The summed E-state index contributed by atoms with van der Waals surface area (Å²) < 4.78 is 16.0. The third-order valence-corrected chi connectivity index (χ3v) is 3.52. The first-order chi connectivity index (χ1) is 17.3. The molecule has 0 atom stereocenters. The van der Waals surface area contributed by atoms with Gasteiger partial charge < -0.3 is 29.2 Å². The van der Waals surface area contributed by atoms with E-state index in [4.69, 9.17) is 24.4 Å². The maximum atomic E-state index is 9.44. The highest BCUT2D eigenvalue weighted by Crippen LogP contribution is 2.19. The lowest BCUT2D eigenvalue weighted by Crippen LogP contribution is -2.15. The van der Waals surface area contributed by atoms with Gasteiger partial charge in [-0.3, -0.25) is 0 Å². The van der Waals surface area contributed by atoms with Gasteiger partial charge in [0.25, 0.3) is 0 Å². The number of aromatic hydroxyl groups is 1. The smallest absolute Gasteiger partial charge is 0.157 e. The number of aliphatic hydroxyl groups excluding tert-OH is 1. The summed E-state index contributed by atoms with van der Waals surface area (Å²) in [6.45, 7) is 12.5. The van der Waals surface area contributed by atoms with Gasteiger partial charge in [0.2, 0.25) is 0 Å². The molecule has 0 aromatic heterocycles. The molecule has 0 saturated heterocycles. The quantitative estimate of drug-likeness (QED) is 0.332. The molecule has 3 aromatic carbocycles. The Balaban J connectivity index is 0. The van der Waals surface area contributed by atoms with E-state index < -0.39 is 0 Å². The van der Waals surface area contributed by atoms with Crippen molar-refractivity contribution in [2.75, 3.05) is 19.8 Å². The molecule has 0 aliphatic heterocycles. The largest absolute Gasteiger partial charge is 0.508 e. The lowest BCUT2D eigenvalue weighted by Gasteiger charge is -2.13. The average Bonchev–Trinajstić information content (AvgIpc) is 2.87. The van der Waals surface area contributed by atoms with E-state index in [-0.39, 0.29) is 18.7 Å². The van der Waals surface area contributed by atoms with Crippen LogP contribution in [0, 0.1) is 0 Å². The fourth-order valence-corrected chi connectivity index (χ4v) is 2.20. The molecular weight excluding hydrogens is 456 g/mol. The second-order valence-electron chi connectivity index (χ2n) is 7.04. The van der Waals surface area contributed by atoms with Gasteiger partial charge in [-0.15, -0.1) is 0 Å². The molecule has 0 aliphatic rings. The minimum Gasteiger partial charge on any atom is -0.508 e. The first-order valence-corrected chi connectivity index (χ1v) is 12.2. The van der Waals surface area contributed by atoms with Crippen molar-refractivity contribution < 1.29 is 29.2 Å². The molecule has 0 bridgehead atoms. The first kappa shape index (κ1) is 35.0. The van der Waals surface area contributed by atoms with E-state index in [2.05, 4.69) is 6.92 Å². The van der Waals surface area contributed by atoms with Crippen molar-refractivity contribution in [3.05, 3.63) is 91.0 Å². The van der Waals surface area contributed by atoms with Gasteiger partial charge in [-0.2, -0.15) is 0 Å². The Morgan fingerprint density at radius 2 is 1.00 bits per heavy atom. The molecule has 0 heterocycles. The van der Waals surface area contributed by atoms with Gasteiger partial charge in [-0.05, 0) is 77.4 Å². The average molecular weight is 501 g/mol. The molecular formula is C30H44O6. The predicted octanol–water partition coefficient (Wildman–Crippen LogP) is 7.26. The molecule has 0 spiro atoms. The maximum Gasteiger partial charge on any atom is 0.157 e. The van der Waals surface area contributed by atoms with Gasteiger partial charge in [0.05, 0.1) is 0 Å². The molecule has 3 aromatic rings. The lowest BCUT2D eigenvalue weighted by atomic mass is 10.3. The highest BCUT2D eigenvalue weighted by molar-refractivity contribution is 5.72. The van der Waals surface area contributed by atoms with E-state index in [1.54, 1.807) is 31.2 Å². The number of carbonyl (C=O) groups is 1. The molecule has 2 N–H and O–H groups in total. The van der Waals surface area contributed by atoms with E-state index >= 15 is 0 Å². The fourth-order valence-electron chi connectivity index (χ4n) is 2.20. The fraction of sp³-hybridized carbons (Fsp3) is 0.367. The van der Waals surface area contributed by atoms with Crippen LogP contribution in [0.25, 0.3) is 0 Å². The Bertz CT molecular complexity index is 778. The first-order valence-electron chi connectivity index (χ1n) is 12.2. The zero-order chi connectivity index (χ0) is 27.4. The summed E-state index contributed by atoms with van der Waals surface area (Å²) in [5, 5.41) is 16.2. The Morgan fingerprint density at radius 3 is 1.22 bits per heavy atom. The van der Waals surface area contributed by atoms with Crippen molar-refractivity contribution in [1.29, 1.82) is 0 Å². The van der Waals surface area contributed by atoms with Gasteiger partial charge in [0.1, 0.15) is 23.0 Å². The van der Waals surface area contributed by atoms with Gasteiger partial charge in [-0.25, -0.2) is 0 Å². The number of benzene rings is 3. The number of Topliss-reactive ketones (excluding diaryl/α,β-unsaturated/α-hetero) is 1. The number of para-hydroxylation sites is 3. The predicted molar refractivity (Wildman–Crippen MR) is 148 cm³/mol. The van der Waals surface area contributed by atoms with Crippen molar-refractivity contribution in [3.63, 3.8) is 0 Å². The second-order valence-corrected chi connectivity index (χ2v) is 7.04. The molecule has 0 saturated carbocycles. The molecule has 200 valence electrons. The van der Waals surface area contributed by atoms with Crippen LogP contribution in [0.15, 0.2) is 91.0 Å². The number of ether oxygens (including phenoxy) is 3. The SMILES string of the molecule is CC(C)=O.CCO.CCOC(CC)OCC.Oc1ccccc1.c1ccc(Oc2ccccc2)cc1. The Hall–Kier alpha value is -3.19. The summed E-state index contributed by atoms with van der Waals surface area (Å²) in [5.74, 6) is 2.23. The molecule has 36 heavy (non-hydrogen) atoms. The van der Waals surface area contributed by atoms with Crippen LogP contribution in [0.4, 0.5) is 0 Å². The van der Waals surface area contributed by atoms with E-state index in [9.17, 15) is 4.79 Å². The minimum absolute atomic E-state index is 0.0139. The van der Waals surface area contributed by atoms with Crippen LogP contribution in [0.1, 0.15) is 48.0 Å². The summed E-state index contributed by atoms with van der Waals surface area (Å²) in [6, 6.07) is 28.2. The Kier molecular flexibility index (Phi) is 25.7. The van der Waals surface area contributed by atoms with Crippen LogP contribution >= 0.6 is 0 Å². The molecule has 0 fully saturated rings. The summed E-state index contributed by atoms with van der Waals surface area (Å²) >= 11 is 0. The summed E-state index contributed by atoms with van der Waals surface area (Å²) in [5.41, 5.74) is 0. The summed E-state index contributed by atoms with van der Waals surface area (Å²) in [6.07, 6.45) is 0.946. The van der Waals surface area contributed by atoms with Crippen LogP contribution < -0.4 is 4.74 Å². The van der Waals surface area contributed by atoms with Gasteiger partial charge in [-0.1, -0.05) is 61.5 Å². The number of hydrogen-bond acceptors (Lipinski definition) is 6. The van der Waals surface area contributed by atoms with Gasteiger partial charge >= 0.3 is 0 Å². The lowest BCUT2D eigenvalue weighted by molar-refractivity contribution is -0.136. The van der Waals surface area contributed by atoms with Crippen molar-refractivity contribution in [1.82, 2.24) is 0 Å². The molecule has 6 nitrogen and oxygen atoms in total. The minimum atomic E-state index is 0.0139. The van der Waals surface area contributed by atoms with Crippen molar-refractivity contribution in [2.24, 2.45) is 0 Å². The third kappa shape index (κ3) is 25.4. The molecule has 0 aliphatic carbocycles. The van der Waals surface area contributed by atoms with Crippen LogP contribution in [0.2, 0.25) is 0 Å². The standard InChI is InChI=1S/C12H10O.C7H16O2.C6H6O.C3H6O.C2H6O/c1-3-7-11(8-4-1)13-12-9-5-2-6-10-12;1-4-7(8-5-2)9-6-3;7-6-4-2-1-3-5-6;1-3(2)4;1-2-3/h1-10H;7H,4-6H2,1-3H3;1-5,7H;1-2H3;3H,2H2,1H3. The highest BCUT2D eigenvalue weighted by Gasteiger charge is 2.01. The molecule has 3 rings (SSSR count). The Morgan fingerprint density at radius 1 is 0.694 bits per heavy atom. The zero-order valence-electron chi connectivity index (χ0n) is 22.6. The molecule has 0 amide bonds. The second kappa shape index (κ2) is 26.4. The molecule has 6 heteroatoms. The van der Waals surface area contributed by atoms with Crippen molar-refractivity contribution in [2.45, 2.75) is 54.3 Å². The van der Waals surface area contributed by atoms with E-state index in [0.29, 0.717) is 5.75 Å². The number of phenols is 1. The van der Waals surface area contributed by atoms with E-state index in [0.717, 1.165) is 31.1 Å². The number of phenolic OH excluding ortho intramolecular Hbond substituents is 1. The highest BCUT2D eigenvalue weighted by atomic mass is 16.7. The zero-order valence-corrected chi connectivity index (χ0v) is 22.6. The number of hydrogen-bond donors (Lipinski definition) is 2. The maximum absolute atomic E-state index is 9.44. The number of aliphatic hydroxyl groups is 1. The van der Waals surface area contributed by atoms with Crippen LogP contribution in [-0.2, 0) is 14.3 Å². The third-order valence-electron chi connectivity index (χ3n) is 3.52. The normalized spacial score (nSPS) is 9.00. The van der Waals surface area contributed by atoms with Crippen LogP contribution in [-0.4, -0.2) is 42.1 Å². The van der Waals surface area contributed by atoms with Crippen LogP contribution in [0.3, 0.4) is 0 Å². The van der Waals surface area contributed by atoms with E-state index in [1.165, 1.54) is 13.8 Å². The van der Waals surface area contributed by atoms with E-state index in [1.807, 2.05) is 80.6 Å². The topological polar surface area (TPSA) is 85.2 Å². The number of carbonyl (C=O) groups excluding carboxylic acids is 1. The number of ketones is 1. The monoisotopic (exact) mass is 500 g/mol. The molecule has 0 radical (unpaired) electrons. The summed E-state index contributed by atoms with van der Waals surface area (Å²) in [4.78, 5) is 9.44. The van der Waals surface area contributed by atoms with Crippen molar-refractivity contribution in [3.8, 4) is 17.2 Å². The van der Waals surface area contributed by atoms with Gasteiger partial charge in [0.15, 0.2) is 6.29 Å². The number of rotatable bonds is 7. The molecule has 0 unspecified atom stereocenters. The van der Waals surface area contributed by atoms with Crippen LogP contribution in [0.5, 0.6) is 17.2 Å².